The van der Waals surface area contributed by atoms with Gasteiger partial charge in [0.2, 0.25) is 5.95 Å². The standard InChI is InChI=1S/C31H34F6N4O5/c1-17-10-18-12-19(11-17)29(14-18,26(43)44)40-25(42)21-15-38-27(39-24(21)31(35,36)37)41-16-28(4-7-45-8-5-28)22-13-20(2-3-23(22)41)46-9-6-30(32,33)34/h2-3,13,15,17-19H,4-12,14,16H2,1H3,(H,40,42)(H,43,44). The summed E-state index contributed by atoms with van der Waals surface area (Å²) in [7, 11) is 0. The summed E-state index contributed by atoms with van der Waals surface area (Å²) in [6, 6.07) is 4.60. The minimum Gasteiger partial charge on any atom is -0.493 e. The van der Waals surface area contributed by atoms with Gasteiger partial charge in [0.1, 0.15) is 11.3 Å². The fraction of sp³-hybridized carbons (Fsp3) is 0.613. The third-order valence-electron chi connectivity index (χ3n) is 9.99. The summed E-state index contributed by atoms with van der Waals surface area (Å²) in [5.41, 5.74) is -3.53. The molecule has 9 nitrogen and oxygen atoms in total. The largest absolute Gasteiger partial charge is 0.493 e. The summed E-state index contributed by atoms with van der Waals surface area (Å²) in [4.78, 5) is 35.4. The second-order valence-corrected chi connectivity index (χ2v) is 13.1. The van der Waals surface area contributed by atoms with Gasteiger partial charge in [-0.1, -0.05) is 6.92 Å². The van der Waals surface area contributed by atoms with E-state index in [0.29, 0.717) is 50.1 Å². The van der Waals surface area contributed by atoms with E-state index in [1.807, 2.05) is 6.92 Å². The van der Waals surface area contributed by atoms with Gasteiger partial charge in [-0.3, -0.25) is 4.79 Å². The van der Waals surface area contributed by atoms with Gasteiger partial charge >= 0.3 is 18.3 Å². The van der Waals surface area contributed by atoms with Gasteiger partial charge in [-0.2, -0.15) is 26.3 Å². The van der Waals surface area contributed by atoms with Crippen LogP contribution in [0.3, 0.4) is 0 Å². The molecule has 3 fully saturated rings. The number of nitrogens with one attached hydrogen (secondary N) is 1. The molecule has 4 atom stereocenters. The monoisotopic (exact) mass is 656 g/mol. The van der Waals surface area contributed by atoms with Crippen LogP contribution in [-0.4, -0.2) is 65.0 Å². The van der Waals surface area contributed by atoms with E-state index in [2.05, 4.69) is 15.3 Å². The molecule has 2 aliphatic carbocycles. The summed E-state index contributed by atoms with van der Waals surface area (Å²) in [5, 5.41) is 12.6. The number of carboxylic acids is 1. The van der Waals surface area contributed by atoms with Crippen molar-refractivity contribution in [3.8, 4) is 5.75 Å². The Labute approximate surface area is 260 Å². The Balaban J connectivity index is 1.32. The molecule has 3 heterocycles. The van der Waals surface area contributed by atoms with Crippen molar-refractivity contribution in [1.82, 2.24) is 15.3 Å². The highest BCUT2D eigenvalue weighted by Gasteiger charge is 2.57. The number of anilines is 2. The Morgan fingerprint density at radius 1 is 1.13 bits per heavy atom. The number of halogens is 6. The van der Waals surface area contributed by atoms with Crippen LogP contribution in [0.4, 0.5) is 38.0 Å². The minimum absolute atomic E-state index is 0.0501. The average Bonchev–Trinajstić information content (AvgIpc) is 3.42. The molecule has 46 heavy (non-hydrogen) atoms. The first kappa shape index (κ1) is 32.3. The number of benzene rings is 1. The van der Waals surface area contributed by atoms with Gasteiger partial charge in [-0.25, -0.2) is 14.8 Å². The van der Waals surface area contributed by atoms with Crippen LogP contribution in [-0.2, 0) is 21.1 Å². The number of nitrogens with zero attached hydrogens (tertiary/aromatic N) is 3. The van der Waals surface area contributed by atoms with E-state index in [9.17, 15) is 41.0 Å². The zero-order chi connectivity index (χ0) is 33.1. The summed E-state index contributed by atoms with van der Waals surface area (Å²) in [5.74, 6) is -2.73. The highest BCUT2D eigenvalue weighted by atomic mass is 19.4. The number of carbonyl (C=O) groups excluding carboxylic acids is 1. The molecule has 0 radical (unpaired) electrons. The molecule has 1 aromatic carbocycles. The predicted molar refractivity (Wildman–Crippen MR) is 151 cm³/mol. The van der Waals surface area contributed by atoms with Crippen LogP contribution in [0.5, 0.6) is 5.75 Å². The van der Waals surface area contributed by atoms with E-state index in [1.165, 1.54) is 11.0 Å². The zero-order valence-electron chi connectivity index (χ0n) is 25.0. The summed E-state index contributed by atoms with van der Waals surface area (Å²) < 4.78 is 92.4. The Hall–Kier alpha value is -3.62. The highest BCUT2D eigenvalue weighted by molar-refractivity contribution is 5.99. The second kappa shape index (κ2) is 11.6. The Kier molecular flexibility index (Phi) is 8.13. The topological polar surface area (TPSA) is 114 Å². The summed E-state index contributed by atoms with van der Waals surface area (Å²) in [6.45, 7) is 2.31. The van der Waals surface area contributed by atoms with Gasteiger partial charge in [0.25, 0.3) is 5.91 Å². The number of hydrogen-bond donors (Lipinski definition) is 2. The SMILES string of the molecule is CC1CC2CC(C1)C(NC(=O)c1cnc(N3CC4(CCOCC4)c4cc(OCCC(F)(F)F)ccc43)nc1C(F)(F)F)(C(=O)O)C2. The first-order chi connectivity index (χ1) is 21.6. The van der Waals surface area contributed by atoms with Gasteiger partial charge in [0, 0.05) is 37.1 Å². The molecule has 1 spiro atoms. The molecular formula is C31H34F6N4O5. The van der Waals surface area contributed by atoms with E-state index in [4.69, 9.17) is 9.47 Å². The number of amides is 1. The van der Waals surface area contributed by atoms with E-state index in [-0.39, 0.29) is 36.5 Å². The fourth-order valence-corrected chi connectivity index (χ4v) is 7.95. The van der Waals surface area contributed by atoms with Crippen LogP contribution in [0.2, 0.25) is 0 Å². The molecular weight excluding hydrogens is 622 g/mol. The lowest BCUT2D eigenvalue weighted by molar-refractivity contribution is -0.146. The number of hydrogen-bond acceptors (Lipinski definition) is 7. The molecule has 2 N–H and O–H groups in total. The molecule has 4 unspecified atom stereocenters. The lowest BCUT2D eigenvalue weighted by Crippen LogP contribution is -2.57. The Morgan fingerprint density at radius 3 is 2.54 bits per heavy atom. The maximum absolute atomic E-state index is 14.5. The number of fused-ring (bicyclic) bond motifs is 4. The number of aromatic nitrogens is 2. The van der Waals surface area contributed by atoms with Crippen LogP contribution in [0, 0.1) is 17.8 Å². The van der Waals surface area contributed by atoms with Crippen molar-refractivity contribution in [3.63, 3.8) is 0 Å². The lowest BCUT2D eigenvalue weighted by atomic mass is 9.76. The summed E-state index contributed by atoms with van der Waals surface area (Å²) in [6.07, 6.45) is -6.79. The maximum Gasteiger partial charge on any atom is 0.434 e. The highest BCUT2D eigenvalue weighted by Crippen LogP contribution is 2.52. The first-order valence-corrected chi connectivity index (χ1v) is 15.3. The second-order valence-electron chi connectivity index (χ2n) is 13.1. The van der Waals surface area contributed by atoms with Crippen LogP contribution in [0.15, 0.2) is 24.4 Å². The molecule has 250 valence electrons. The molecule has 2 saturated carbocycles. The molecule has 15 heteroatoms. The van der Waals surface area contributed by atoms with Gasteiger partial charge in [-0.15, -0.1) is 0 Å². The van der Waals surface area contributed by atoms with Gasteiger partial charge in [0.15, 0.2) is 5.69 Å². The van der Waals surface area contributed by atoms with Crippen molar-refractivity contribution in [2.24, 2.45) is 17.8 Å². The Morgan fingerprint density at radius 2 is 1.87 bits per heavy atom. The molecule has 2 aliphatic heterocycles. The van der Waals surface area contributed by atoms with Crippen molar-refractivity contribution in [1.29, 1.82) is 0 Å². The lowest BCUT2D eigenvalue weighted by Gasteiger charge is -2.34. The third-order valence-corrected chi connectivity index (χ3v) is 9.99. The zero-order valence-corrected chi connectivity index (χ0v) is 25.0. The maximum atomic E-state index is 14.5. The third kappa shape index (κ3) is 5.97. The van der Waals surface area contributed by atoms with Gasteiger partial charge in [-0.05, 0) is 80.0 Å². The number of carbonyl (C=O) groups is 2. The smallest absolute Gasteiger partial charge is 0.434 e. The van der Waals surface area contributed by atoms with Crippen molar-refractivity contribution >= 4 is 23.5 Å². The van der Waals surface area contributed by atoms with Crippen LogP contribution < -0.4 is 15.0 Å². The first-order valence-electron chi connectivity index (χ1n) is 15.3. The van der Waals surface area contributed by atoms with E-state index >= 15 is 0 Å². The summed E-state index contributed by atoms with van der Waals surface area (Å²) >= 11 is 0. The van der Waals surface area contributed by atoms with Gasteiger partial charge < -0.3 is 24.8 Å². The normalized spacial score (nSPS) is 27.0. The minimum atomic E-state index is -5.07. The number of aliphatic carboxylic acids is 1. The van der Waals surface area contributed by atoms with E-state index in [0.717, 1.165) is 12.6 Å². The van der Waals surface area contributed by atoms with Crippen molar-refractivity contribution in [3.05, 3.63) is 41.2 Å². The van der Waals surface area contributed by atoms with Crippen LogP contribution >= 0.6 is 0 Å². The van der Waals surface area contributed by atoms with Crippen LogP contribution in [0.25, 0.3) is 0 Å². The van der Waals surface area contributed by atoms with Crippen LogP contribution in [0.1, 0.15) is 73.5 Å². The van der Waals surface area contributed by atoms with Crippen molar-refractivity contribution < 1.29 is 50.5 Å². The molecule has 6 rings (SSSR count). The fourth-order valence-electron chi connectivity index (χ4n) is 7.95. The molecule has 1 amide bonds. The molecule has 2 aromatic rings. The number of alkyl halides is 6. The average molecular weight is 657 g/mol. The van der Waals surface area contributed by atoms with Crippen molar-refractivity contribution in [2.75, 3.05) is 31.3 Å². The quantitative estimate of drug-likeness (QED) is 0.347. The predicted octanol–water partition coefficient (Wildman–Crippen LogP) is 6.04. The van der Waals surface area contributed by atoms with E-state index in [1.54, 1.807) is 12.1 Å². The van der Waals surface area contributed by atoms with E-state index < -0.39 is 65.4 Å². The number of rotatable bonds is 7. The number of carboxylic acid groups (broad SMARTS) is 1. The van der Waals surface area contributed by atoms with Gasteiger partial charge in [0.05, 0.1) is 18.6 Å². The molecule has 1 saturated heterocycles. The molecule has 4 aliphatic rings. The Bertz CT molecular complexity index is 1510. The molecule has 1 aromatic heterocycles. The van der Waals surface area contributed by atoms with Crippen molar-refractivity contribution in [2.45, 2.75) is 75.2 Å². The number of ether oxygens (including phenoxy) is 2. The molecule has 2 bridgehead atoms.